The number of unbranched alkanes of at least 4 members (excludes halogenated alkanes) is 1. The molecule has 0 saturated heterocycles. The van der Waals surface area contributed by atoms with Crippen LogP contribution in [0.15, 0.2) is 41.4 Å². The molecule has 0 atom stereocenters. The highest BCUT2D eigenvalue weighted by Crippen LogP contribution is 2.28. The summed E-state index contributed by atoms with van der Waals surface area (Å²) in [6, 6.07) is 11.4. The number of carbonyl (C=O) groups excluding carboxylic acids is 1. The van der Waals surface area contributed by atoms with Crippen molar-refractivity contribution in [2.24, 2.45) is 4.99 Å². The Morgan fingerprint density at radius 3 is 2.66 bits per heavy atom. The average molecular weight is 409 g/mol. The molecule has 0 N–H and O–H groups in total. The van der Waals surface area contributed by atoms with E-state index in [-0.39, 0.29) is 5.91 Å². The predicted molar refractivity (Wildman–Crippen MR) is 117 cm³/mol. The first-order valence-corrected chi connectivity index (χ1v) is 10.3. The van der Waals surface area contributed by atoms with Gasteiger partial charge in [0.15, 0.2) is 16.3 Å². The van der Waals surface area contributed by atoms with Gasteiger partial charge in [-0.3, -0.25) is 4.79 Å². The molecule has 1 amide bonds. The number of hydrogen-bond acceptors (Lipinski definition) is 4. The Hall–Kier alpha value is -3.04. The zero-order valence-electron chi connectivity index (χ0n) is 16.9. The normalized spacial score (nSPS) is 11.4. The molecule has 0 unspecified atom stereocenters. The summed E-state index contributed by atoms with van der Waals surface area (Å²) in [5, 5.41) is 0. The number of thiazole rings is 1. The maximum atomic E-state index is 12.8. The van der Waals surface area contributed by atoms with Crippen LogP contribution in [-0.2, 0) is 13.0 Å². The van der Waals surface area contributed by atoms with Crippen LogP contribution in [-0.4, -0.2) is 24.7 Å². The van der Waals surface area contributed by atoms with Crippen molar-refractivity contribution in [2.45, 2.75) is 32.7 Å². The van der Waals surface area contributed by atoms with Gasteiger partial charge in [-0.2, -0.15) is 4.99 Å². The maximum absolute atomic E-state index is 12.8. The van der Waals surface area contributed by atoms with E-state index in [2.05, 4.69) is 36.0 Å². The van der Waals surface area contributed by atoms with E-state index in [1.807, 2.05) is 4.57 Å². The number of nitrogens with zero attached hydrogens (tertiary/aromatic N) is 2. The Morgan fingerprint density at radius 1 is 1.17 bits per heavy atom. The van der Waals surface area contributed by atoms with Gasteiger partial charge in [-0.05, 0) is 48.7 Å². The fraction of sp³-hybridized carbons (Fsp3) is 0.304. The smallest absolute Gasteiger partial charge is 0.279 e. The number of methoxy groups -OCH3 is 2. The number of amides is 1. The second-order valence-electron chi connectivity index (χ2n) is 6.57. The summed E-state index contributed by atoms with van der Waals surface area (Å²) in [7, 11) is 3.09. The minimum atomic E-state index is -0.352. The van der Waals surface area contributed by atoms with E-state index >= 15 is 0 Å². The van der Waals surface area contributed by atoms with Gasteiger partial charge in [0.25, 0.3) is 5.91 Å². The molecule has 0 radical (unpaired) electrons. The average Bonchev–Trinajstić information content (AvgIpc) is 3.08. The number of ether oxygens (including phenoxy) is 2. The van der Waals surface area contributed by atoms with Crippen molar-refractivity contribution in [1.29, 1.82) is 0 Å². The lowest BCUT2D eigenvalue weighted by Gasteiger charge is -2.07. The fourth-order valence-electron chi connectivity index (χ4n) is 3.10. The maximum Gasteiger partial charge on any atom is 0.279 e. The number of benzene rings is 2. The third-order valence-electron chi connectivity index (χ3n) is 4.64. The third-order valence-corrected chi connectivity index (χ3v) is 5.68. The first-order chi connectivity index (χ1) is 14.1. The molecule has 150 valence electrons. The van der Waals surface area contributed by atoms with E-state index in [1.165, 1.54) is 24.0 Å². The Morgan fingerprint density at radius 2 is 1.97 bits per heavy atom. The molecular weight excluding hydrogens is 384 g/mol. The lowest BCUT2D eigenvalue weighted by molar-refractivity contribution is 0.0997. The summed E-state index contributed by atoms with van der Waals surface area (Å²) in [5.74, 6) is 3.36. The van der Waals surface area contributed by atoms with Gasteiger partial charge in [0.2, 0.25) is 0 Å². The Labute approximate surface area is 174 Å². The molecule has 0 saturated carbocycles. The molecule has 6 heteroatoms. The van der Waals surface area contributed by atoms with Crippen molar-refractivity contribution in [3.63, 3.8) is 0 Å². The highest BCUT2D eigenvalue weighted by Gasteiger charge is 2.12. The van der Waals surface area contributed by atoms with Gasteiger partial charge in [-0.1, -0.05) is 36.7 Å². The van der Waals surface area contributed by atoms with Crippen LogP contribution in [0, 0.1) is 12.3 Å². The van der Waals surface area contributed by atoms with Gasteiger partial charge in [-0.25, -0.2) is 0 Å². The molecule has 3 rings (SSSR count). The number of terminal acetylenes is 1. The minimum absolute atomic E-state index is 0.352. The largest absolute Gasteiger partial charge is 0.493 e. The number of fused-ring (bicyclic) bond motifs is 1. The van der Waals surface area contributed by atoms with Gasteiger partial charge in [0.1, 0.15) is 0 Å². The zero-order valence-corrected chi connectivity index (χ0v) is 17.7. The van der Waals surface area contributed by atoms with Crippen LogP contribution < -0.4 is 14.3 Å². The van der Waals surface area contributed by atoms with Crippen LogP contribution in [0.2, 0.25) is 0 Å². The van der Waals surface area contributed by atoms with Gasteiger partial charge in [-0.15, -0.1) is 6.42 Å². The molecule has 0 bridgehead atoms. The van der Waals surface area contributed by atoms with Crippen molar-refractivity contribution in [1.82, 2.24) is 4.57 Å². The van der Waals surface area contributed by atoms with Crippen molar-refractivity contribution >= 4 is 27.5 Å². The molecular formula is C23H24N2O3S. The molecule has 1 heterocycles. The van der Waals surface area contributed by atoms with E-state index in [1.54, 1.807) is 25.3 Å². The quantitative estimate of drug-likeness (QED) is 0.543. The van der Waals surface area contributed by atoms with Crippen LogP contribution >= 0.6 is 11.3 Å². The number of rotatable bonds is 7. The third kappa shape index (κ3) is 4.52. The van der Waals surface area contributed by atoms with Crippen LogP contribution in [0.25, 0.3) is 10.2 Å². The monoisotopic (exact) mass is 408 g/mol. The SMILES string of the molecule is C#CCn1c(=NC(=O)c2ccc(OC)c(OC)c2)sc2cc(CCCC)ccc21. The van der Waals surface area contributed by atoms with Gasteiger partial charge in [0, 0.05) is 5.56 Å². The summed E-state index contributed by atoms with van der Waals surface area (Å²) < 4.78 is 13.5. The molecule has 0 fully saturated rings. The summed E-state index contributed by atoms with van der Waals surface area (Å²) in [6.07, 6.45) is 8.90. The van der Waals surface area contributed by atoms with Crippen molar-refractivity contribution < 1.29 is 14.3 Å². The van der Waals surface area contributed by atoms with Crippen LogP contribution in [0.1, 0.15) is 35.7 Å². The first-order valence-electron chi connectivity index (χ1n) is 9.48. The summed E-state index contributed by atoms with van der Waals surface area (Å²) >= 11 is 1.48. The molecule has 1 aromatic heterocycles. The Kier molecular flexibility index (Phi) is 6.73. The zero-order chi connectivity index (χ0) is 20.8. The first kappa shape index (κ1) is 20.7. The highest BCUT2D eigenvalue weighted by molar-refractivity contribution is 7.16. The van der Waals surface area contributed by atoms with E-state index in [0.717, 1.165) is 29.5 Å². The molecule has 29 heavy (non-hydrogen) atoms. The topological polar surface area (TPSA) is 52.8 Å². The molecule has 0 aliphatic heterocycles. The summed E-state index contributed by atoms with van der Waals surface area (Å²) in [4.78, 5) is 17.7. The number of aryl methyl sites for hydroxylation is 1. The van der Waals surface area contributed by atoms with Gasteiger partial charge < -0.3 is 14.0 Å². The summed E-state index contributed by atoms with van der Waals surface area (Å²) in [5.41, 5.74) is 2.70. The minimum Gasteiger partial charge on any atom is -0.493 e. The van der Waals surface area contributed by atoms with Crippen molar-refractivity contribution in [2.75, 3.05) is 14.2 Å². The lowest BCUT2D eigenvalue weighted by Crippen LogP contribution is -2.16. The van der Waals surface area contributed by atoms with E-state index in [4.69, 9.17) is 15.9 Å². The second kappa shape index (κ2) is 9.44. The lowest BCUT2D eigenvalue weighted by atomic mass is 10.1. The van der Waals surface area contributed by atoms with Crippen molar-refractivity contribution in [3.05, 3.63) is 52.3 Å². The Balaban J connectivity index is 2.05. The van der Waals surface area contributed by atoms with Crippen LogP contribution in [0.4, 0.5) is 0 Å². The Bertz CT molecular complexity index is 1140. The number of hydrogen-bond donors (Lipinski definition) is 0. The number of aromatic nitrogens is 1. The van der Waals surface area contributed by atoms with Gasteiger partial charge in [0.05, 0.1) is 31.0 Å². The molecule has 0 spiro atoms. The predicted octanol–water partition coefficient (Wildman–Crippen LogP) is 4.44. The molecule has 5 nitrogen and oxygen atoms in total. The van der Waals surface area contributed by atoms with E-state index in [0.29, 0.717) is 28.4 Å². The molecule has 0 aliphatic carbocycles. The van der Waals surface area contributed by atoms with Gasteiger partial charge >= 0.3 is 0 Å². The van der Waals surface area contributed by atoms with E-state index in [9.17, 15) is 4.79 Å². The fourth-order valence-corrected chi connectivity index (χ4v) is 4.20. The van der Waals surface area contributed by atoms with Crippen LogP contribution in [0.3, 0.4) is 0 Å². The second-order valence-corrected chi connectivity index (χ2v) is 7.58. The highest BCUT2D eigenvalue weighted by atomic mass is 32.1. The molecule has 3 aromatic rings. The van der Waals surface area contributed by atoms with Crippen LogP contribution in [0.5, 0.6) is 11.5 Å². The molecule has 2 aromatic carbocycles. The molecule has 0 aliphatic rings. The summed E-state index contributed by atoms with van der Waals surface area (Å²) in [6.45, 7) is 2.54. The standard InChI is InChI=1S/C23H24N2O3S/c1-5-7-8-16-9-11-18-21(14-16)29-23(25(18)13-6-2)24-22(26)17-10-12-19(27-3)20(15-17)28-4/h2,9-12,14-15H,5,7-8,13H2,1,3-4H3. The number of carbonyl (C=O) groups is 1. The van der Waals surface area contributed by atoms with Crippen molar-refractivity contribution in [3.8, 4) is 23.8 Å². The van der Waals surface area contributed by atoms with E-state index < -0.39 is 0 Å².